The molecule has 3 aliphatic heterocycles. The molecule has 0 saturated carbocycles. The highest BCUT2D eigenvalue weighted by Gasteiger charge is 2.44. The van der Waals surface area contributed by atoms with Crippen molar-refractivity contribution in [3.63, 3.8) is 0 Å². The fourth-order valence-electron chi connectivity index (χ4n) is 9.43. The minimum atomic E-state index is -0.681. The van der Waals surface area contributed by atoms with Gasteiger partial charge in [-0.3, -0.25) is 38.5 Å². The fourth-order valence-corrected chi connectivity index (χ4v) is 9.43. The summed E-state index contributed by atoms with van der Waals surface area (Å²) in [5, 5.41) is 15.2. The Morgan fingerprint density at radius 1 is 0.769 bits per heavy atom. The number of nitrogens with zero attached hydrogens (tertiary/aromatic N) is 6. The number of hydrogen-bond donors (Lipinski definition) is 1. The van der Waals surface area contributed by atoms with Crippen LogP contribution in [0.1, 0.15) is 101 Å². The number of amides is 2. The Kier molecular flexibility index (Phi) is 11.8. The lowest BCUT2D eigenvalue weighted by molar-refractivity contribution is 0.0598. The molecular weight excluding hydrogens is 825 g/mol. The molecule has 2 aromatic heterocycles. The van der Waals surface area contributed by atoms with E-state index in [1.165, 1.54) is 18.3 Å². The number of benzene rings is 4. The number of fused-ring (bicyclic) bond motifs is 5. The third-order valence-electron chi connectivity index (χ3n) is 12.6. The fraction of sp³-hybridized carbons (Fsp3) is 0.294. The second kappa shape index (κ2) is 17.9. The predicted octanol–water partition coefficient (Wildman–Crippen LogP) is 7.55. The molecule has 14 nitrogen and oxygen atoms in total. The average Bonchev–Trinajstić information content (AvgIpc) is 3.40. The van der Waals surface area contributed by atoms with Gasteiger partial charge in [0.15, 0.2) is 17.1 Å². The van der Waals surface area contributed by atoms with Crippen LogP contribution < -0.4 is 35.1 Å². The van der Waals surface area contributed by atoms with E-state index in [0.717, 1.165) is 35.3 Å². The number of aromatic nitrogens is 2. The summed E-state index contributed by atoms with van der Waals surface area (Å²) < 4.78 is 22.8. The number of hydrogen-bond acceptors (Lipinski definition) is 10. The van der Waals surface area contributed by atoms with Crippen LogP contribution in [0.3, 0.4) is 0 Å². The molecule has 0 aliphatic carbocycles. The van der Waals surface area contributed by atoms with Gasteiger partial charge in [0.2, 0.25) is 16.6 Å². The molecule has 65 heavy (non-hydrogen) atoms. The zero-order valence-electron chi connectivity index (χ0n) is 36.9. The molecule has 3 aliphatic rings. The first-order valence-electron chi connectivity index (χ1n) is 22.2. The maximum atomic E-state index is 14.7. The van der Waals surface area contributed by atoms with E-state index in [1.54, 1.807) is 57.6 Å². The van der Waals surface area contributed by atoms with Crippen molar-refractivity contribution < 1.29 is 28.9 Å². The van der Waals surface area contributed by atoms with Crippen molar-refractivity contribution in [1.29, 1.82) is 0 Å². The van der Waals surface area contributed by atoms with Crippen LogP contribution in [-0.2, 0) is 0 Å². The van der Waals surface area contributed by atoms with Crippen molar-refractivity contribution in [2.45, 2.75) is 70.4 Å². The molecule has 4 aromatic carbocycles. The summed E-state index contributed by atoms with van der Waals surface area (Å²) in [5.41, 5.74) is 2.05. The summed E-state index contributed by atoms with van der Waals surface area (Å²) in [7, 11) is 3.41. The van der Waals surface area contributed by atoms with Crippen LogP contribution in [0.2, 0.25) is 0 Å². The van der Waals surface area contributed by atoms with Crippen molar-refractivity contribution in [1.82, 2.24) is 19.2 Å². The molecule has 0 fully saturated rings. The Labute approximate surface area is 377 Å². The Hall–Kier alpha value is -7.48. The van der Waals surface area contributed by atoms with E-state index >= 15 is 0 Å². The third kappa shape index (κ3) is 7.62. The van der Waals surface area contributed by atoms with Gasteiger partial charge in [-0.25, -0.2) is 0 Å². The second-order valence-electron chi connectivity index (χ2n) is 16.5. The smallest absolute Gasteiger partial charge is 0.277 e. The van der Waals surface area contributed by atoms with Gasteiger partial charge in [0.25, 0.3) is 11.8 Å². The van der Waals surface area contributed by atoms with Gasteiger partial charge >= 0.3 is 0 Å². The molecule has 5 heterocycles. The lowest BCUT2D eigenvalue weighted by Crippen LogP contribution is -2.61. The van der Waals surface area contributed by atoms with Gasteiger partial charge in [0, 0.05) is 49.7 Å². The topological polar surface area (TPSA) is 139 Å². The first-order valence-corrected chi connectivity index (χ1v) is 22.2. The molecule has 2 amide bonds. The molecule has 6 aromatic rings. The number of carbonyl (C=O) groups is 2. The van der Waals surface area contributed by atoms with Gasteiger partial charge < -0.3 is 29.1 Å². The summed E-state index contributed by atoms with van der Waals surface area (Å²) in [5.74, 6) is -0.0322. The summed E-state index contributed by atoms with van der Waals surface area (Å²) in [6.07, 6.45) is 5.74. The highest BCUT2D eigenvalue weighted by Crippen LogP contribution is 2.43. The number of ether oxygens (including phenoxy) is 3. The van der Waals surface area contributed by atoms with E-state index in [-0.39, 0.29) is 28.8 Å². The van der Waals surface area contributed by atoms with E-state index in [1.807, 2.05) is 84.7 Å². The Morgan fingerprint density at radius 2 is 1.49 bits per heavy atom. The molecule has 4 unspecified atom stereocenters. The van der Waals surface area contributed by atoms with Crippen LogP contribution in [0.4, 0.5) is 0 Å². The molecule has 0 saturated heterocycles. The lowest BCUT2D eigenvalue weighted by atomic mass is 9.95. The SMILES string of the molecule is CCCCOc1ccccc1C(c1ccccc1)N1C(CC)N(C)C(=O)c2c(Oc3cccc(C4c5ccccc5OCCCC5N(C)C(=O)c6c(O)c(=O)ccn6N45)c3)c(=O)ccn21. The molecule has 0 bridgehead atoms. The zero-order chi connectivity index (χ0) is 45.4. The van der Waals surface area contributed by atoms with E-state index in [4.69, 9.17) is 14.2 Å². The molecule has 14 heteroatoms. The van der Waals surface area contributed by atoms with E-state index in [2.05, 4.69) is 24.1 Å². The number of rotatable bonds is 11. The highest BCUT2D eigenvalue weighted by atomic mass is 16.5. The van der Waals surface area contributed by atoms with Crippen LogP contribution in [-0.4, -0.2) is 75.7 Å². The molecular formula is C51H52N6O8. The number of para-hydroxylation sites is 2. The largest absolute Gasteiger partial charge is 0.502 e. The normalized spacial score (nSPS) is 18.6. The predicted molar refractivity (Wildman–Crippen MR) is 246 cm³/mol. The Bertz CT molecular complexity index is 2860. The molecule has 1 N–H and O–H groups in total. The summed E-state index contributed by atoms with van der Waals surface area (Å²) >= 11 is 0. The first kappa shape index (κ1) is 42.8. The minimum Gasteiger partial charge on any atom is -0.502 e. The minimum absolute atomic E-state index is 0.0613. The van der Waals surface area contributed by atoms with Gasteiger partial charge in [-0.15, -0.1) is 0 Å². The summed E-state index contributed by atoms with van der Waals surface area (Å²) in [6.45, 7) is 5.10. The molecule has 9 rings (SSSR count). The number of aromatic hydroxyl groups is 1. The lowest BCUT2D eigenvalue weighted by Gasteiger charge is -2.49. The number of pyridine rings is 2. The molecule has 4 atom stereocenters. The summed E-state index contributed by atoms with van der Waals surface area (Å²) in [6, 6.07) is 34.4. The molecule has 0 radical (unpaired) electrons. The quantitative estimate of drug-likeness (QED) is 0.130. The Balaban J connectivity index is 1.19. The standard InChI is InChI=1S/C51H52N6O8/c1-5-7-30-63-40-23-13-11-21-36(40)44(33-17-9-8-10-18-33)56-42(6-2)52(3)51(62)47-49(39(59)27-29-55(47)56)65-35-20-15-19-34(32-35)45-37-22-12-14-24-41(37)64-31-16-25-43-53(4)50(61)46-48(60)38(58)26-28-54(46)57(43)45/h8-15,17-24,26-29,32,42-45,60H,5-7,16,25,30-31H2,1-4H3. The van der Waals surface area contributed by atoms with E-state index in [0.29, 0.717) is 43.8 Å². The maximum Gasteiger partial charge on any atom is 0.277 e. The van der Waals surface area contributed by atoms with Crippen molar-refractivity contribution in [3.8, 4) is 28.7 Å². The van der Waals surface area contributed by atoms with Crippen molar-refractivity contribution in [2.24, 2.45) is 0 Å². The van der Waals surface area contributed by atoms with Gasteiger partial charge in [-0.05, 0) is 61.1 Å². The summed E-state index contributed by atoms with van der Waals surface area (Å²) in [4.78, 5) is 58.7. The highest BCUT2D eigenvalue weighted by molar-refractivity contribution is 5.97. The maximum absolute atomic E-state index is 14.7. The number of unbranched alkanes of at least 4 members (excludes halogenated alkanes) is 1. The zero-order valence-corrected chi connectivity index (χ0v) is 36.9. The van der Waals surface area contributed by atoms with Crippen molar-refractivity contribution in [3.05, 3.63) is 182 Å². The molecule has 0 spiro atoms. The van der Waals surface area contributed by atoms with Crippen molar-refractivity contribution in [2.75, 3.05) is 37.3 Å². The first-order chi connectivity index (χ1) is 31.6. The van der Waals surface area contributed by atoms with Gasteiger partial charge in [0.05, 0.1) is 13.2 Å². The van der Waals surface area contributed by atoms with Crippen LogP contribution in [0.5, 0.6) is 28.7 Å². The van der Waals surface area contributed by atoms with Gasteiger partial charge in [-0.2, -0.15) is 0 Å². The molecule has 334 valence electrons. The third-order valence-corrected chi connectivity index (χ3v) is 12.6. The van der Waals surface area contributed by atoms with Gasteiger partial charge in [-0.1, -0.05) is 99.1 Å². The van der Waals surface area contributed by atoms with Crippen LogP contribution in [0.15, 0.2) is 137 Å². The second-order valence-corrected chi connectivity index (χ2v) is 16.5. The van der Waals surface area contributed by atoms with E-state index in [9.17, 15) is 24.3 Å². The van der Waals surface area contributed by atoms with Crippen LogP contribution in [0.25, 0.3) is 0 Å². The Morgan fingerprint density at radius 3 is 2.29 bits per heavy atom. The number of carbonyl (C=O) groups excluding carboxylic acids is 2. The average molecular weight is 877 g/mol. The van der Waals surface area contributed by atoms with Gasteiger partial charge in [0.1, 0.15) is 41.7 Å². The van der Waals surface area contributed by atoms with Crippen LogP contribution >= 0.6 is 0 Å². The monoisotopic (exact) mass is 876 g/mol. The van der Waals surface area contributed by atoms with Crippen molar-refractivity contribution >= 4 is 11.8 Å². The van der Waals surface area contributed by atoms with Crippen LogP contribution in [0, 0.1) is 0 Å². The van der Waals surface area contributed by atoms with E-state index < -0.39 is 46.9 Å².